The Labute approximate surface area is 276 Å². The summed E-state index contributed by atoms with van der Waals surface area (Å²) in [5.41, 5.74) is 10.8. The zero-order valence-electron chi connectivity index (χ0n) is 26.0. The van der Waals surface area contributed by atoms with Gasteiger partial charge in [-0.3, -0.25) is 9.55 Å². The lowest BCUT2D eigenvalue weighted by molar-refractivity contribution is 0.948. The van der Waals surface area contributed by atoms with Crippen LogP contribution in [0.25, 0.3) is 84.2 Å². The van der Waals surface area contributed by atoms with Crippen molar-refractivity contribution in [2.24, 2.45) is 0 Å². The molecular formula is C42H28N6. The van der Waals surface area contributed by atoms with Gasteiger partial charge >= 0.3 is 0 Å². The van der Waals surface area contributed by atoms with Gasteiger partial charge in [0, 0.05) is 33.5 Å². The molecular weight excluding hydrogens is 589 g/mol. The van der Waals surface area contributed by atoms with Gasteiger partial charge in [-0.15, -0.1) is 0 Å². The quantitative estimate of drug-likeness (QED) is 0.198. The van der Waals surface area contributed by atoms with E-state index in [0.29, 0.717) is 17.6 Å². The van der Waals surface area contributed by atoms with E-state index in [1.807, 2.05) is 72.9 Å². The van der Waals surface area contributed by atoms with Gasteiger partial charge in [0.25, 0.3) is 0 Å². The summed E-state index contributed by atoms with van der Waals surface area (Å²) in [5.74, 6) is 1.79. The molecule has 48 heavy (non-hydrogen) atoms. The van der Waals surface area contributed by atoms with Crippen molar-refractivity contribution in [2.45, 2.75) is 12.8 Å². The first-order valence-electron chi connectivity index (χ1n) is 16.3. The Balaban J connectivity index is 1.36. The average Bonchev–Trinajstić information content (AvgIpc) is 3.69. The van der Waals surface area contributed by atoms with Crippen molar-refractivity contribution in [3.05, 3.63) is 151 Å². The van der Waals surface area contributed by atoms with Gasteiger partial charge in [-0.2, -0.15) is 9.97 Å². The van der Waals surface area contributed by atoms with E-state index in [-0.39, 0.29) is 0 Å². The van der Waals surface area contributed by atoms with E-state index in [1.165, 1.54) is 32.9 Å². The molecule has 9 aromatic rings. The highest BCUT2D eigenvalue weighted by molar-refractivity contribution is 6.14. The van der Waals surface area contributed by atoms with Crippen LogP contribution in [0.2, 0.25) is 0 Å². The van der Waals surface area contributed by atoms with Crippen LogP contribution in [0.5, 0.6) is 0 Å². The van der Waals surface area contributed by atoms with Gasteiger partial charge in [0.05, 0.1) is 33.3 Å². The lowest BCUT2D eigenvalue weighted by atomic mass is 9.94. The smallest absolute Gasteiger partial charge is 0.238 e. The molecule has 0 aliphatic heterocycles. The summed E-state index contributed by atoms with van der Waals surface area (Å²) in [7, 11) is 0. The molecule has 5 aromatic carbocycles. The van der Waals surface area contributed by atoms with Crippen molar-refractivity contribution < 1.29 is 0 Å². The number of hydrogen-bond acceptors (Lipinski definition) is 4. The van der Waals surface area contributed by atoms with Crippen LogP contribution in [0.3, 0.4) is 0 Å². The fourth-order valence-electron chi connectivity index (χ4n) is 7.40. The number of hydrogen-bond donors (Lipinski definition) is 0. The Kier molecular flexibility index (Phi) is 5.90. The Bertz CT molecular complexity index is 2660. The highest BCUT2D eigenvalue weighted by Gasteiger charge is 2.24. The molecule has 4 heterocycles. The second-order valence-corrected chi connectivity index (χ2v) is 12.2. The first-order valence-corrected chi connectivity index (χ1v) is 16.3. The summed E-state index contributed by atoms with van der Waals surface area (Å²) in [6, 6.07) is 44.2. The third-order valence-corrected chi connectivity index (χ3v) is 9.49. The third-order valence-electron chi connectivity index (χ3n) is 9.49. The van der Waals surface area contributed by atoms with Crippen LogP contribution in [0.1, 0.15) is 17.5 Å². The van der Waals surface area contributed by atoms with Gasteiger partial charge in [0.1, 0.15) is 0 Å². The van der Waals surface area contributed by atoms with E-state index in [2.05, 4.69) is 81.9 Å². The molecule has 0 spiro atoms. The predicted octanol–water partition coefficient (Wildman–Crippen LogP) is 9.75. The molecule has 0 saturated carbocycles. The number of nitrogens with zero attached hydrogens (tertiary/aromatic N) is 6. The van der Waals surface area contributed by atoms with Crippen molar-refractivity contribution in [1.29, 1.82) is 0 Å². The molecule has 1 aliphatic rings. The van der Waals surface area contributed by atoms with Gasteiger partial charge in [0.2, 0.25) is 5.95 Å². The molecule has 6 nitrogen and oxygen atoms in total. The molecule has 10 rings (SSSR count). The van der Waals surface area contributed by atoms with E-state index < -0.39 is 0 Å². The predicted molar refractivity (Wildman–Crippen MR) is 195 cm³/mol. The van der Waals surface area contributed by atoms with Crippen LogP contribution in [0, 0.1) is 0 Å². The van der Waals surface area contributed by atoms with Crippen LogP contribution in [-0.4, -0.2) is 29.1 Å². The summed E-state index contributed by atoms with van der Waals surface area (Å²) >= 11 is 0. The van der Waals surface area contributed by atoms with Gasteiger partial charge < -0.3 is 4.57 Å². The topological polar surface area (TPSA) is 61.4 Å². The summed E-state index contributed by atoms with van der Waals surface area (Å²) in [6.45, 7) is 0. The zero-order chi connectivity index (χ0) is 31.6. The van der Waals surface area contributed by atoms with Crippen LogP contribution in [0.4, 0.5) is 0 Å². The second-order valence-electron chi connectivity index (χ2n) is 12.2. The van der Waals surface area contributed by atoms with Gasteiger partial charge in [0.15, 0.2) is 11.6 Å². The van der Waals surface area contributed by atoms with Crippen LogP contribution >= 0.6 is 0 Å². The van der Waals surface area contributed by atoms with Gasteiger partial charge in [-0.1, -0.05) is 115 Å². The van der Waals surface area contributed by atoms with Crippen molar-refractivity contribution in [3.8, 4) is 34.4 Å². The van der Waals surface area contributed by atoms with E-state index >= 15 is 0 Å². The van der Waals surface area contributed by atoms with Crippen molar-refractivity contribution in [3.63, 3.8) is 0 Å². The van der Waals surface area contributed by atoms with Crippen LogP contribution < -0.4 is 0 Å². The number of para-hydroxylation sites is 2. The number of rotatable bonds is 4. The minimum atomic E-state index is 0.550. The van der Waals surface area contributed by atoms with Crippen LogP contribution in [0.15, 0.2) is 140 Å². The number of allylic oxidation sites excluding steroid dienone is 1. The number of fused-ring (bicyclic) bond motifs is 8. The lowest BCUT2D eigenvalue weighted by Gasteiger charge is -2.17. The number of pyridine rings is 1. The molecule has 0 N–H and O–H groups in total. The maximum absolute atomic E-state index is 5.18. The third kappa shape index (κ3) is 3.99. The van der Waals surface area contributed by atoms with Crippen molar-refractivity contribution in [1.82, 2.24) is 29.1 Å². The Morgan fingerprint density at radius 2 is 1.23 bits per heavy atom. The molecule has 0 fully saturated rings. The highest BCUT2D eigenvalue weighted by Crippen LogP contribution is 2.41. The molecule has 6 heteroatoms. The molecule has 0 amide bonds. The van der Waals surface area contributed by atoms with Gasteiger partial charge in [-0.25, -0.2) is 4.98 Å². The summed E-state index contributed by atoms with van der Waals surface area (Å²) < 4.78 is 4.64. The minimum Gasteiger partial charge on any atom is -0.307 e. The number of aromatic nitrogens is 6. The molecule has 4 aromatic heterocycles. The van der Waals surface area contributed by atoms with Crippen molar-refractivity contribution >= 4 is 49.8 Å². The van der Waals surface area contributed by atoms with E-state index in [4.69, 9.17) is 19.9 Å². The van der Waals surface area contributed by atoms with Gasteiger partial charge in [-0.05, 0) is 48.2 Å². The monoisotopic (exact) mass is 616 g/mol. The number of aryl methyl sites for hydroxylation is 1. The largest absolute Gasteiger partial charge is 0.307 e. The Morgan fingerprint density at radius 1 is 0.521 bits per heavy atom. The highest BCUT2D eigenvalue weighted by atomic mass is 15.2. The summed E-state index contributed by atoms with van der Waals surface area (Å²) in [6.07, 6.45) is 8.43. The normalized spacial score (nSPS) is 12.8. The Morgan fingerprint density at radius 3 is 2.02 bits per heavy atom. The maximum atomic E-state index is 5.18. The molecule has 226 valence electrons. The minimum absolute atomic E-state index is 0.550. The van der Waals surface area contributed by atoms with E-state index in [1.54, 1.807) is 0 Å². The summed E-state index contributed by atoms with van der Waals surface area (Å²) in [5, 5.41) is 3.54. The molecule has 1 aliphatic carbocycles. The zero-order valence-corrected chi connectivity index (χ0v) is 26.0. The molecule has 0 radical (unpaired) electrons. The fraction of sp³-hybridized carbons (Fsp3) is 0.0476. The number of benzene rings is 5. The molecule has 0 bridgehead atoms. The first kappa shape index (κ1) is 26.8. The SMILES string of the molecule is C1=Cc2ccc3c4ccccc4n(-c4cccc5c6ncccc6n(-c6nc(-c7ccccc7)nc(-c7ccccc7)n6)c45)c3c2CC1. The molecule has 0 atom stereocenters. The van der Waals surface area contributed by atoms with Crippen LogP contribution in [-0.2, 0) is 6.42 Å². The second kappa shape index (κ2) is 10.6. The standard InChI is InChI=1S/C42H28N6/c1-3-14-28(15-4-1)40-44-41(29-16-5-2-6-17-29)46-42(45-40)48-35-23-12-26-43-37(35)33-20-11-22-36(39(33)48)47-34-21-10-9-19-31(34)32-25-24-27-13-7-8-18-30(27)38(32)47/h1-7,9-17,19-26H,8,18H2. The van der Waals surface area contributed by atoms with E-state index in [0.717, 1.165) is 51.6 Å². The first-order chi connectivity index (χ1) is 23.8. The fourth-order valence-corrected chi connectivity index (χ4v) is 7.40. The van der Waals surface area contributed by atoms with Crippen molar-refractivity contribution in [2.75, 3.05) is 0 Å². The molecule has 0 saturated heterocycles. The average molecular weight is 617 g/mol. The Hall–Kier alpha value is -6.40. The van der Waals surface area contributed by atoms with E-state index in [9.17, 15) is 0 Å². The lowest BCUT2D eigenvalue weighted by Crippen LogP contribution is -2.08. The molecule has 0 unspecified atom stereocenters. The summed E-state index contributed by atoms with van der Waals surface area (Å²) in [4.78, 5) is 20.3. The maximum Gasteiger partial charge on any atom is 0.238 e.